The third kappa shape index (κ3) is 2.86. The molecule has 0 aromatic heterocycles. The highest BCUT2D eigenvalue weighted by Crippen LogP contribution is 2.25. The van der Waals surface area contributed by atoms with Gasteiger partial charge in [0.05, 0.1) is 6.10 Å². The van der Waals surface area contributed by atoms with Crippen molar-refractivity contribution in [3.8, 4) is 0 Å². The second-order valence-corrected chi connectivity index (χ2v) is 5.79. The summed E-state index contributed by atoms with van der Waals surface area (Å²) in [7, 11) is 0. The van der Waals surface area contributed by atoms with Crippen LogP contribution in [0.2, 0.25) is 0 Å². The first-order valence-corrected chi connectivity index (χ1v) is 7.53. The summed E-state index contributed by atoms with van der Waals surface area (Å²) >= 11 is 0. The number of para-hydroxylation sites is 1. The molecule has 2 fully saturated rings. The number of aliphatic hydroxyl groups is 1. The first-order chi connectivity index (χ1) is 9.74. The number of carbonyl (C=O) groups is 1. The number of nitrogens with zero attached hydrogens (tertiary/aromatic N) is 2. The molecule has 0 spiro atoms. The average molecular weight is 274 g/mol. The number of aliphatic hydroxyl groups excluding tert-OH is 1. The van der Waals surface area contributed by atoms with E-state index in [-0.39, 0.29) is 12.0 Å². The largest absolute Gasteiger partial charge is 0.390 e. The van der Waals surface area contributed by atoms with Crippen LogP contribution in [0.4, 0.5) is 5.69 Å². The molecule has 1 aromatic rings. The van der Waals surface area contributed by atoms with Gasteiger partial charge in [0.2, 0.25) is 5.91 Å². The number of benzene rings is 1. The van der Waals surface area contributed by atoms with Crippen molar-refractivity contribution >= 4 is 11.6 Å². The number of piperidine rings is 1. The number of rotatable bonds is 4. The van der Waals surface area contributed by atoms with Crippen LogP contribution in [0.25, 0.3) is 0 Å². The number of amides is 1. The van der Waals surface area contributed by atoms with E-state index in [1.165, 1.54) is 5.56 Å². The predicted octanol–water partition coefficient (Wildman–Crippen LogP) is 1.42. The molecule has 0 radical (unpaired) electrons. The minimum absolute atomic E-state index is 0.145. The molecule has 1 N–H and O–H groups in total. The molecule has 4 heteroatoms. The summed E-state index contributed by atoms with van der Waals surface area (Å²) in [6, 6.07) is 8.23. The Kier molecular flexibility index (Phi) is 4.03. The molecule has 4 nitrogen and oxygen atoms in total. The molecule has 108 valence electrons. The van der Waals surface area contributed by atoms with Crippen molar-refractivity contribution in [1.29, 1.82) is 0 Å². The summed E-state index contributed by atoms with van der Waals surface area (Å²) < 4.78 is 0. The lowest BCUT2D eigenvalue weighted by molar-refractivity contribution is -0.119. The molecular weight excluding hydrogens is 252 g/mol. The van der Waals surface area contributed by atoms with E-state index in [9.17, 15) is 9.90 Å². The highest BCUT2D eigenvalue weighted by Gasteiger charge is 2.25. The van der Waals surface area contributed by atoms with Gasteiger partial charge >= 0.3 is 0 Å². The lowest BCUT2D eigenvalue weighted by Gasteiger charge is -2.36. The zero-order valence-corrected chi connectivity index (χ0v) is 11.8. The third-order valence-electron chi connectivity index (χ3n) is 4.24. The molecule has 1 aromatic carbocycles. The number of anilines is 1. The van der Waals surface area contributed by atoms with E-state index in [0.717, 1.165) is 51.1 Å². The quantitative estimate of drug-likeness (QED) is 0.903. The molecule has 2 aliphatic rings. The number of hydrogen-bond acceptors (Lipinski definition) is 3. The van der Waals surface area contributed by atoms with E-state index in [1.54, 1.807) is 0 Å². The second kappa shape index (κ2) is 5.94. The van der Waals surface area contributed by atoms with Crippen molar-refractivity contribution in [2.75, 3.05) is 31.1 Å². The van der Waals surface area contributed by atoms with Crippen molar-refractivity contribution in [3.05, 3.63) is 29.8 Å². The Morgan fingerprint density at radius 1 is 1.20 bits per heavy atom. The molecule has 0 aliphatic carbocycles. The first-order valence-electron chi connectivity index (χ1n) is 7.53. The van der Waals surface area contributed by atoms with E-state index >= 15 is 0 Å². The predicted molar refractivity (Wildman–Crippen MR) is 78.8 cm³/mol. The van der Waals surface area contributed by atoms with Gasteiger partial charge in [0.25, 0.3) is 0 Å². The molecule has 0 saturated carbocycles. The maximum Gasteiger partial charge on any atom is 0.226 e. The minimum atomic E-state index is -0.145. The van der Waals surface area contributed by atoms with Gasteiger partial charge in [0.15, 0.2) is 0 Å². The van der Waals surface area contributed by atoms with Crippen LogP contribution in [0.5, 0.6) is 0 Å². The molecule has 2 saturated heterocycles. The van der Waals surface area contributed by atoms with E-state index in [2.05, 4.69) is 17.0 Å². The van der Waals surface area contributed by atoms with Gasteiger partial charge in [-0.25, -0.2) is 0 Å². The Hall–Kier alpha value is -1.39. The molecule has 0 bridgehead atoms. The number of β-amino-alcohol motifs (C(OH)–C–C–N with tert-alkyl or cyclic N) is 1. The van der Waals surface area contributed by atoms with Crippen LogP contribution in [0.15, 0.2) is 24.3 Å². The third-order valence-corrected chi connectivity index (χ3v) is 4.24. The van der Waals surface area contributed by atoms with Gasteiger partial charge < -0.3 is 10.0 Å². The zero-order valence-electron chi connectivity index (χ0n) is 11.8. The van der Waals surface area contributed by atoms with Gasteiger partial charge in [-0.15, -0.1) is 0 Å². The first kappa shape index (κ1) is 13.6. The van der Waals surface area contributed by atoms with Crippen LogP contribution < -0.4 is 4.90 Å². The summed E-state index contributed by atoms with van der Waals surface area (Å²) in [6.07, 6.45) is 3.58. The van der Waals surface area contributed by atoms with E-state index in [4.69, 9.17) is 0 Å². The van der Waals surface area contributed by atoms with E-state index < -0.39 is 0 Å². The minimum Gasteiger partial charge on any atom is -0.390 e. The fraction of sp³-hybridized carbons (Fsp3) is 0.562. The monoisotopic (exact) mass is 274 g/mol. The van der Waals surface area contributed by atoms with Gasteiger partial charge in [-0.1, -0.05) is 18.2 Å². The summed E-state index contributed by atoms with van der Waals surface area (Å²) in [5.74, 6) is 0.253. The Labute approximate surface area is 120 Å². The average Bonchev–Trinajstić information content (AvgIpc) is 2.43. The summed E-state index contributed by atoms with van der Waals surface area (Å²) in [5, 5.41) is 9.31. The molecule has 3 rings (SSSR count). The van der Waals surface area contributed by atoms with Gasteiger partial charge in [-0.2, -0.15) is 0 Å². The van der Waals surface area contributed by atoms with Crippen molar-refractivity contribution < 1.29 is 9.90 Å². The number of hydrogen-bond donors (Lipinski definition) is 1. The maximum atomic E-state index is 12.1. The number of carbonyl (C=O) groups excluding carboxylic acids is 1. The SMILES string of the molecule is O=C1CCCCN1c1ccccc1CCN1CC(O)C1. The van der Waals surface area contributed by atoms with Crippen molar-refractivity contribution in [3.63, 3.8) is 0 Å². The topological polar surface area (TPSA) is 43.8 Å². The summed E-state index contributed by atoms with van der Waals surface area (Å²) in [5.41, 5.74) is 2.32. The highest BCUT2D eigenvalue weighted by molar-refractivity contribution is 5.94. The van der Waals surface area contributed by atoms with Crippen LogP contribution in [0.1, 0.15) is 24.8 Å². The maximum absolute atomic E-state index is 12.1. The fourth-order valence-electron chi connectivity index (χ4n) is 3.05. The highest BCUT2D eigenvalue weighted by atomic mass is 16.3. The Balaban J connectivity index is 1.69. The lowest BCUT2D eigenvalue weighted by atomic mass is 10.0. The summed E-state index contributed by atoms with van der Waals surface area (Å²) in [4.78, 5) is 16.3. The van der Waals surface area contributed by atoms with Crippen LogP contribution in [-0.4, -0.2) is 48.2 Å². The molecule has 0 unspecified atom stereocenters. The van der Waals surface area contributed by atoms with Crippen molar-refractivity contribution in [2.24, 2.45) is 0 Å². The zero-order chi connectivity index (χ0) is 13.9. The van der Waals surface area contributed by atoms with Gasteiger partial charge in [-0.3, -0.25) is 9.69 Å². The van der Waals surface area contributed by atoms with Crippen molar-refractivity contribution in [2.45, 2.75) is 31.8 Å². The van der Waals surface area contributed by atoms with Gasteiger partial charge in [0.1, 0.15) is 0 Å². The Morgan fingerprint density at radius 3 is 2.75 bits per heavy atom. The molecule has 1 amide bonds. The Morgan fingerprint density at radius 2 is 2.00 bits per heavy atom. The normalized spacial score (nSPS) is 21.1. The van der Waals surface area contributed by atoms with Crippen LogP contribution >= 0.6 is 0 Å². The molecule has 2 heterocycles. The molecular formula is C16H22N2O2. The molecule has 20 heavy (non-hydrogen) atoms. The number of likely N-dealkylation sites (tertiary alicyclic amines) is 1. The smallest absolute Gasteiger partial charge is 0.226 e. The van der Waals surface area contributed by atoms with E-state index in [1.807, 2.05) is 17.0 Å². The lowest BCUT2D eigenvalue weighted by Crippen LogP contribution is -2.51. The van der Waals surface area contributed by atoms with Crippen LogP contribution in [0.3, 0.4) is 0 Å². The van der Waals surface area contributed by atoms with Crippen LogP contribution in [0, 0.1) is 0 Å². The van der Waals surface area contributed by atoms with Crippen LogP contribution in [-0.2, 0) is 11.2 Å². The summed E-state index contributed by atoms with van der Waals surface area (Å²) in [6.45, 7) is 3.37. The van der Waals surface area contributed by atoms with Gasteiger partial charge in [-0.05, 0) is 30.9 Å². The second-order valence-electron chi connectivity index (χ2n) is 5.79. The standard InChI is InChI=1S/C16H22N2O2/c19-14-11-17(12-14)10-8-13-5-1-2-6-15(13)18-9-4-3-7-16(18)20/h1-2,5-6,14,19H,3-4,7-12H2. The molecule has 0 atom stereocenters. The fourth-order valence-corrected chi connectivity index (χ4v) is 3.05. The Bertz CT molecular complexity index is 483. The van der Waals surface area contributed by atoms with Gasteiger partial charge in [0, 0.05) is 38.3 Å². The molecule has 2 aliphatic heterocycles. The van der Waals surface area contributed by atoms with E-state index in [0.29, 0.717) is 6.42 Å². The van der Waals surface area contributed by atoms with Crippen molar-refractivity contribution in [1.82, 2.24) is 4.90 Å².